The van der Waals surface area contributed by atoms with Crippen molar-refractivity contribution in [3.05, 3.63) is 94.0 Å². The number of nitrogens with one attached hydrogen (secondary N) is 1. The molecule has 3 rings (SSSR count). The second-order valence-corrected chi connectivity index (χ2v) is 11.5. The molecule has 0 bridgehead atoms. The SMILES string of the molecule is Cc1ccc(S(=O)(=O)N(CC(=O)NCCSCc2ccc(Cl)cc2)c2cccc(C)c2C)cc1. The second kappa shape index (κ2) is 11.8. The summed E-state index contributed by atoms with van der Waals surface area (Å²) in [5, 5.41) is 3.56. The number of carbonyl (C=O) groups is 1. The fourth-order valence-electron chi connectivity index (χ4n) is 3.36. The van der Waals surface area contributed by atoms with Gasteiger partial charge < -0.3 is 5.32 Å². The van der Waals surface area contributed by atoms with Gasteiger partial charge in [-0.1, -0.05) is 53.6 Å². The van der Waals surface area contributed by atoms with Crippen LogP contribution in [-0.4, -0.2) is 33.2 Å². The molecular formula is C26H29ClN2O3S2. The Hall–Kier alpha value is -2.48. The summed E-state index contributed by atoms with van der Waals surface area (Å²) in [4.78, 5) is 12.9. The zero-order valence-corrected chi connectivity index (χ0v) is 21.9. The molecule has 0 spiro atoms. The predicted octanol–water partition coefficient (Wildman–Crippen LogP) is 5.51. The number of thioether (sulfide) groups is 1. The Labute approximate surface area is 211 Å². The van der Waals surface area contributed by atoms with Crippen LogP contribution in [0.4, 0.5) is 5.69 Å². The van der Waals surface area contributed by atoms with E-state index in [1.54, 1.807) is 48.2 Å². The number of benzene rings is 3. The van der Waals surface area contributed by atoms with Crippen LogP contribution in [0.15, 0.2) is 71.6 Å². The van der Waals surface area contributed by atoms with Crippen LogP contribution in [0.5, 0.6) is 0 Å². The number of nitrogens with zero attached hydrogens (tertiary/aromatic N) is 1. The summed E-state index contributed by atoms with van der Waals surface area (Å²) in [6.07, 6.45) is 0. The second-order valence-electron chi connectivity index (χ2n) is 8.07. The van der Waals surface area contributed by atoms with Gasteiger partial charge in [0, 0.05) is 23.1 Å². The number of hydrogen-bond acceptors (Lipinski definition) is 4. The van der Waals surface area contributed by atoms with Gasteiger partial charge in [0.25, 0.3) is 10.0 Å². The Morgan fingerprint density at radius 3 is 2.32 bits per heavy atom. The number of aryl methyl sites for hydroxylation is 2. The lowest BCUT2D eigenvalue weighted by atomic mass is 10.1. The molecule has 34 heavy (non-hydrogen) atoms. The lowest BCUT2D eigenvalue weighted by Gasteiger charge is -2.26. The minimum absolute atomic E-state index is 0.158. The van der Waals surface area contributed by atoms with Crippen LogP contribution in [0, 0.1) is 20.8 Å². The maximum Gasteiger partial charge on any atom is 0.264 e. The van der Waals surface area contributed by atoms with E-state index < -0.39 is 10.0 Å². The standard InChI is InChI=1S/C26H29ClN2O3S2/c1-19-7-13-24(14-8-19)34(31,32)29(25-6-4-5-20(2)21(25)3)17-26(30)28-15-16-33-18-22-9-11-23(27)12-10-22/h4-14H,15-18H2,1-3H3,(H,28,30). The van der Waals surface area contributed by atoms with E-state index in [0.29, 0.717) is 23.0 Å². The third-order valence-corrected chi connectivity index (χ3v) is 8.55. The van der Waals surface area contributed by atoms with Gasteiger partial charge in [-0.05, 0) is 67.8 Å². The molecule has 8 heteroatoms. The lowest BCUT2D eigenvalue weighted by Crippen LogP contribution is -2.41. The maximum atomic E-state index is 13.5. The van der Waals surface area contributed by atoms with Gasteiger partial charge >= 0.3 is 0 Å². The Morgan fingerprint density at radius 1 is 0.971 bits per heavy atom. The van der Waals surface area contributed by atoms with Crippen molar-refractivity contribution in [3.8, 4) is 0 Å². The quantitative estimate of drug-likeness (QED) is 0.361. The molecule has 0 saturated heterocycles. The highest BCUT2D eigenvalue weighted by Gasteiger charge is 2.28. The highest BCUT2D eigenvalue weighted by atomic mass is 35.5. The molecule has 3 aromatic rings. The summed E-state index contributed by atoms with van der Waals surface area (Å²) >= 11 is 7.60. The first kappa shape index (κ1) is 26.1. The van der Waals surface area contributed by atoms with Crippen molar-refractivity contribution in [2.75, 3.05) is 23.1 Å². The van der Waals surface area contributed by atoms with Crippen molar-refractivity contribution in [1.82, 2.24) is 5.32 Å². The zero-order chi connectivity index (χ0) is 24.7. The average Bonchev–Trinajstić information content (AvgIpc) is 2.81. The molecule has 0 heterocycles. The van der Waals surface area contributed by atoms with Crippen LogP contribution in [0.1, 0.15) is 22.3 Å². The van der Waals surface area contributed by atoms with E-state index in [1.807, 2.05) is 51.1 Å². The fraction of sp³-hybridized carbons (Fsp3) is 0.269. The Morgan fingerprint density at radius 2 is 1.65 bits per heavy atom. The summed E-state index contributed by atoms with van der Waals surface area (Å²) in [5.74, 6) is 1.18. The highest BCUT2D eigenvalue weighted by molar-refractivity contribution is 7.98. The molecule has 0 aliphatic heterocycles. The molecule has 0 aliphatic rings. The van der Waals surface area contributed by atoms with Crippen molar-refractivity contribution < 1.29 is 13.2 Å². The lowest BCUT2D eigenvalue weighted by molar-refractivity contribution is -0.119. The van der Waals surface area contributed by atoms with Gasteiger partial charge in [0.2, 0.25) is 5.91 Å². The molecule has 1 amide bonds. The van der Waals surface area contributed by atoms with Crippen LogP contribution in [-0.2, 0) is 20.6 Å². The molecule has 0 fully saturated rings. The maximum absolute atomic E-state index is 13.5. The van der Waals surface area contributed by atoms with Crippen molar-refractivity contribution in [2.45, 2.75) is 31.4 Å². The first-order valence-electron chi connectivity index (χ1n) is 10.9. The average molecular weight is 517 g/mol. The van der Waals surface area contributed by atoms with E-state index in [9.17, 15) is 13.2 Å². The molecule has 0 aliphatic carbocycles. The molecule has 180 valence electrons. The number of halogens is 1. The molecule has 0 unspecified atom stereocenters. The van der Waals surface area contributed by atoms with E-state index in [1.165, 1.54) is 4.31 Å². The molecule has 0 aromatic heterocycles. The summed E-state index contributed by atoms with van der Waals surface area (Å²) in [6.45, 7) is 5.85. The van der Waals surface area contributed by atoms with Gasteiger partial charge in [-0.25, -0.2) is 8.42 Å². The number of carbonyl (C=O) groups excluding carboxylic acids is 1. The minimum atomic E-state index is -3.92. The molecule has 5 nitrogen and oxygen atoms in total. The zero-order valence-electron chi connectivity index (χ0n) is 19.5. The topological polar surface area (TPSA) is 66.5 Å². The van der Waals surface area contributed by atoms with Crippen LogP contribution >= 0.6 is 23.4 Å². The van der Waals surface area contributed by atoms with Crippen LogP contribution in [0.25, 0.3) is 0 Å². The Balaban J connectivity index is 1.68. The Bertz CT molecular complexity index is 1230. The molecule has 1 N–H and O–H groups in total. The van der Waals surface area contributed by atoms with E-state index in [0.717, 1.165) is 28.0 Å². The van der Waals surface area contributed by atoms with Gasteiger partial charge in [-0.3, -0.25) is 9.10 Å². The van der Waals surface area contributed by atoms with Crippen LogP contribution < -0.4 is 9.62 Å². The van der Waals surface area contributed by atoms with Crippen LogP contribution in [0.2, 0.25) is 5.02 Å². The van der Waals surface area contributed by atoms with Crippen molar-refractivity contribution in [3.63, 3.8) is 0 Å². The number of hydrogen-bond donors (Lipinski definition) is 1. The van der Waals surface area contributed by atoms with E-state index in [2.05, 4.69) is 5.32 Å². The van der Waals surface area contributed by atoms with E-state index in [4.69, 9.17) is 11.6 Å². The highest BCUT2D eigenvalue weighted by Crippen LogP contribution is 2.28. The molecule has 3 aromatic carbocycles. The number of rotatable bonds is 10. The molecule has 0 saturated carbocycles. The summed E-state index contributed by atoms with van der Waals surface area (Å²) < 4.78 is 28.3. The number of anilines is 1. The van der Waals surface area contributed by atoms with Crippen LogP contribution in [0.3, 0.4) is 0 Å². The summed E-state index contributed by atoms with van der Waals surface area (Å²) in [6, 6.07) is 19.8. The number of amides is 1. The first-order chi connectivity index (χ1) is 16.2. The van der Waals surface area contributed by atoms with Gasteiger partial charge in [0.1, 0.15) is 6.54 Å². The molecule has 0 atom stereocenters. The summed E-state index contributed by atoms with van der Waals surface area (Å²) in [7, 11) is -3.92. The minimum Gasteiger partial charge on any atom is -0.354 e. The predicted molar refractivity (Wildman–Crippen MR) is 142 cm³/mol. The van der Waals surface area contributed by atoms with Gasteiger partial charge in [0.15, 0.2) is 0 Å². The monoisotopic (exact) mass is 516 g/mol. The summed E-state index contributed by atoms with van der Waals surface area (Å²) in [5.41, 5.74) is 4.41. The van der Waals surface area contributed by atoms with E-state index in [-0.39, 0.29) is 17.3 Å². The van der Waals surface area contributed by atoms with Crippen molar-refractivity contribution in [1.29, 1.82) is 0 Å². The largest absolute Gasteiger partial charge is 0.354 e. The third kappa shape index (κ3) is 6.78. The van der Waals surface area contributed by atoms with E-state index >= 15 is 0 Å². The fourth-order valence-corrected chi connectivity index (χ4v) is 5.79. The first-order valence-corrected chi connectivity index (χ1v) is 13.9. The number of sulfonamides is 1. The normalized spacial score (nSPS) is 11.3. The van der Waals surface area contributed by atoms with Gasteiger partial charge in [-0.2, -0.15) is 11.8 Å². The molecule has 0 radical (unpaired) electrons. The van der Waals surface area contributed by atoms with Gasteiger partial charge in [0.05, 0.1) is 10.6 Å². The van der Waals surface area contributed by atoms with Crippen molar-refractivity contribution in [2.24, 2.45) is 0 Å². The Kier molecular flexibility index (Phi) is 9.05. The van der Waals surface area contributed by atoms with Gasteiger partial charge in [-0.15, -0.1) is 0 Å². The molecular weight excluding hydrogens is 488 g/mol. The smallest absolute Gasteiger partial charge is 0.264 e. The third-order valence-electron chi connectivity index (χ3n) is 5.49. The van der Waals surface area contributed by atoms with Crippen molar-refractivity contribution >= 4 is 45.0 Å².